The van der Waals surface area contributed by atoms with Gasteiger partial charge in [-0.3, -0.25) is 0 Å². The van der Waals surface area contributed by atoms with Crippen LogP contribution in [0.2, 0.25) is 15.1 Å². The minimum atomic E-state index is -0.143. The topological polar surface area (TPSA) is 0 Å². The van der Waals surface area contributed by atoms with Gasteiger partial charge >= 0.3 is 0 Å². The number of hydrogen-bond donors (Lipinski definition) is 0. The van der Waals surface area contributed by atoms with Crippen molar-refractivity contribution >= 4 is 46.4 Å². The summed E-state index contributed by atoms with van der Waals surface area (Å²) in [5.41, 5.74) is 3.10. The number of alkyl halides is 1. The summed E-state index contributed by atoms with van der Waals surface area (Å²) in [6.45, 7) is 1.97. The first-order chi connectivity index (χ1) is 8.97. The minimum absolute atomic E-state index is 0.143. The molecule has 0 radical (unpaired) electrons. The van der Waals surface area contributed by atoms with E-state index in [0.29, 0.717) is 16.5 Å². The minimum Gasteiger partial charge on any atom is -0.117 e. The highest BCUT2D eigenvalue weighted by Gasteiger charge is 2.11. The number of aryl methyl sites for hydroxylation is 1. The van der Waals surface area contributed by atoms with Crippen LogP contribution in [0.4, 0.5) is 0 Å². The SMILES string of the molecule is Cc1ccc(C(Cl)Cc2ccc(Cl)c(Cl)c2)cc1Cl. The second-order valence-electron chi connectivity index (χ2n) is 4.43. The Kier molecular flexibility index (Phi) is 5.03. The Bertz CT molecular complexity index is 593. The predicted octanol–water partition coefficient (Wildman–Crippen LogP) is 6.48. The molecule has 0 aromatic heterocycles. The maximum atomic E-state index is 6.42. The molecule has 2 rings (SSSR count). The molecule has 0 spiro atoms. The summed E-state index contributed by atoms with van der Waals surface area (Å²) in [6.07, 6.45) is 0.678. The fraction of sp³-hybridized carbons (Fsp3) is 0.200. The summed E-state index contributed by atoms with van der Waals surface area (Å²) in [4.78, 5) is 0. The first-order valence-corrected chi connectivity index (χ1v) is 7.38. The molecule has 0 saturated heterocycles. The van der Waals surface area contributed by atoms with E-state index in [1.165, 1.54) is 0 Å². The third kappa shape index (κ3) is 3.79. The number of benzene rings is 2. The molecule has 1 unspecified atom stereocenters. The molecule has 0 saturated carbocycles. The summed E-state index contributed by atoms with van der Waals surface area (Å²) in [7, 11) is 0. The lowest BCUT2D eigenvalue weighted by molar-refractivity contribution is 0.919. The van der Waals surface area contributed by atoms with Crippen LogP contribution in [-0.2, 0) is 6.42 Å². The maximum Gasteiger partial charge on any atom is 0.0626 e. The van der Waals surface area contributed by atoms with E-state index in [-0.39, 0.29) is 5.38 Å². The average molecular weight is 334 g/mol. The van der Waals surface area contributed by atoms with Gasteiger partial charge in [0.05, 0.1) is 15.4 Å². The molecule has 0 aliphatic rings. The molecule has 0 amide bonds. The molecular formula is C15H12Cl4. The largest absolute Gasteiger partial charge is 0.117 e. The van der Waals surface area contributed by atoms with E-state index in [9.17, 15) is 0 Å². The second kappa shape index (κ2) is 6.37. The van der Waals surface area contributed by atoms with Gasteiger partial charge in [0.2, 0.25) is 0 Å². The fourth-order valence-corrected chi connectivity index (χ4v) is 2.62. The van der Waals surface area contributed by atoms with Crippen LogP contribution in [0, 0.1) is 6.92 Å². The molecule has 0 bridgehead atoms. The van der Waals surface area contributed by atoms with Gasteiger partial charge in [-0.25, -0.2) is 0 Å². The Labute approximate surface area is 133 Å². The Hall–Kier alpha value is -0.400. The molecule has 4 heteroatoms. The second-order valence-corrected chi connectivity index (χ2v) is 6.18. The lowest BCUT2D eigenvalue weighted by Gasteiger charge is -2.12. The van der Waals surface area contributed by atoms with E-state index in [0.717, 1.165) is 21.7 Å². The normalized spacial score (nSPS) is 12.5. The molecule has 0 aliphatic heterocycles. The third-order valence-electron chi connectivity index (χ3n) is 2.96. The summed E-state index contributed by atoms with van der Waals surface area (Å²) >= 11 is 24.4. The average Bonchev–Trinajstić information content (AvgIpc) is 2.37. The molecule has 0 fully saturated rings. The van der Waals surface area contributed by atoms with Crippen LogP contribution in [0.15, 0.2) is 36.4 Å². The van der Waals surface area contributed by atoms with Crippen LogP contribution in [-0.4, -0.2) is 0 Å². The van der Waals surface area contributed by atoms with Crippen LogP contribution in [0.5, 0.6) is 0 Å². The van der Waals surface area contributed by atoms with Gasteiger partial charge in [0.15, 0.2) is 0 Å². The van der Waals surface area contributed by atoms with Gasteiger partial charge in [-0.1, -0.05) is 53.0 Å². The molecule has 1 atom stereocenters. The molecule has 0 heterocycles. The molecule has 2 aromatic rings. The summed E-state index contributed by atoms with van der Waals surface area (Å²) < 4.78 is 0. The smallest absolute Gasteiger partial charge is 0.0626 e. The van der Waals surface area contributed by atoms with E-state index in [2.05, 4.69) is 0 Å². The first kappa shape index (κ1) is 15.0. The Balaban J connectivity index is 2.17. The molecule has 0 aliphatic carbocycles. The van der Waals surface area contributed by atoms with Gasteiger partial charge in [0.1, 0.15) is 0 Å². The highest BCUT2D eigenvalue weighted by molar-refractivity contribution is 6.42. The standard InChI is InChI=1S/C15H12Cl4/c1-9-2-4-11(8-13(9)17)14(18)6-10-3-5-12(16)15(19)7-10/h2-5,7-8,14H,6H2,1H3. The summed E-state index contributed by atoms with van der Waals surface area (Å²) in [5.74, 6) is 0. The van der Waals surface area contributed by atoms with E-state index >= 15 is 0 Å². The van der Waals surface area contributed by atoms with E-state index in [1.807, 2.05) is 37.3 Å². The Morgan fingerprint density at radius 1 is 0.895 bits per heavy atom. The fourth-order valence-electron chi connectivity index (χ4n) is 1.80. The van der Waals surface area contributed by atoms with E-state index < -0.39 is 0 Å². The molecular weight excluding hydrogens is 322 g/mol. The summed E-state index contributed by atoms with van der Waals surface area (Å²) in [6, 6.07) is 11.4. The van der Waals surface area contributed by atoms with Gasteiger partial charge in [-0.2, -0.15) is 0 Å². The number of rotatable bonds is 3. The van der Waals surface area contributed by atoms with Crippen molar-refractivity contribution < 1.29 is 0 Å². The van der Waals surface area contributed by atoms with Crippen molar-refractivity contribution in [3.8, 4) is 0 Å². The van der Waals surface area contributed by atoms with Crippen molar-refractivity contribution in [3.05, 3.63) is 68.2 Å². The Morgan fingerprint density at radius 3 is 2.26 bits per heavy atom. The van der Waals surface area contributed by atoms with Crippen LogP contribution in [0.1, 0.15) is 22.1 Å². The molecule has 19 heavy (non-hydrogen) atoms. The quantitative estimate of drug-likeness (QED) is 0.564. The highest BCUT2D eigenvalue weighted by Crippen LogP contribution is 2.30. The number of halogens is 4. The summed E-state index contributed by atoms with van der Waals surface area (Å²) in [5, 5.41) is 1.69. The molecule has 2 aromatic carbocycles. The number of hydrogen-bond acceptors (Lipinski definition) is 0. The van der Waals surface area contributed by atoms with Crippen LogP contribution < -0.4 is 0 Å². The van der Waals surface area contributed by atoms with Gasteiger partial charge in [-0.05, 0) is 48.2 Å². The van der Waals surface area contributed by atoms with Crippen molar-refractivity contribution in [2.24, 2.45) is 0 Å². The van der Waals surface area contributed by atoms with Gasteiger partial charge in [0, 0.05) is 5.02 Å². The molecule has 0 N–H and O–H groups in total. The van der Waals surface area contributed by atoms with Crippen molar-refractivity contribution in [2.75, 3.05) is 0 Å². The highest BCUT2D eigenvalue weighted by atomic mass is 35.5. The third-order valence-corrected chi connectivity index (χ3v) is 4.51. The first-order valence-electron chi connectivity index (χ1n) is 5.81. The van der Waals surface area contributed by atoms with Crippen molar-refractivity contribution in [3.63, 3.8) is 0 Å². The lowest BCUT2D eigenvalue weighted by atomic mass is 10.0. The molecule has 100 valence electrons. The van der Waals surface area contributed by atoms with Crippen LogP contribution >= 0.6 is 46.4 Å². The predicted molar refractivity (Wildman–Crippen MR) is 84.9 cm³/mol. The van der Waals surface area contributed by atoms with Crippen molar-refractivity contribution in [1.82, 2.24) is 0 Å². The van der Waals surface area contributed by atoms with Crippen molar-refractivity contribution in [2.45, 2.75) is 18.7 Å². The molecule has 0 nitrogen and oxygen atoms in total. The van der Waals surface area contributed by atoms with E-state index in [4.69, 9.17) is 46.4 Å². The van der Waals surface area contributed by atoms with Crippen LogP contribution in [0.25, 0.3) is 0 Å². The maximum absolute atomic E-state index is 6.42. The Morgan fingerprint density at radius 2 is 1.63 bits per heavy atom. The lowest BCUT2D eigenvalue weighted by Crippen LogP contribution is -1.96. The zero-order valence-corrected chi connectivity index (χ0v) is 13.3. The zero-order chi connectivity index (χ0) is 14.0. The zero-order valence-electron chi connectivity index (χ0n) is 10.3. The van der Waals surface area contributed by atoms with Crippen molar-refractivity contribution in [1.29, 1.82) is 0 Å². The van der Waals surface area contributed by atoms with Gasteiger partial charge < -0.3 is 0 Å². The van der Waals surface area contributed by atoms with Gasteiger partial charge in [0.25, 0.3) is 0 Å². The van der Waals surface area contributed by atoms with Gasteiger partial charge in [-0.15, -0.1) is 11.6 Å². The monoisotopic (exact) mass is 332 g/mol. The van der Waals surface area contributed by atoms with E-state index in [1.54, 1.807) is 6.07 Å². The van der Waals surface area contributed by atoms with Crippen LogP contribution in [0.3, 0.4) is 0 Å².